The second kappa shape index (κ2) is 4.65. The zero-order valence-electron chi connectivity index (χ0n) is 11.7. The van der Waals surface area contributed by atoms with E-state index in [2.05, 4.69) is 26.1 Å². The molecule has 2 nitrogen and oxygen atoms in total. The maximum atomic E-state index is 12.4. The lowest BCUT2D eigenvalue weighted by Gasteiger charge is -2.34. The van der Waals surface area contributed by atoms with Gasteiger partial charge in [-0.15, -0.1) is 0 Å². The molecule has 0 radical (unpaired) electrons. The number of carbonyl (C=O) groups excluding carboxylic acids is 1. The Morgan fingerprint density at radius 1 is 1.24 bits per heavy atom. The molecule has 0 aromatic heterocycles. The Morgan fingerprint density at radius 3 is 2.29 bits per heavy atom. The third-order valence-electron chi connectivity index (χ3n) is 2.54. The first kappa shape index (κ1) is 14.0. The molecule has 0 aliphatic carbocycles. The molecule has 0 aliphatic heterocycles. The SMILES string of the molecule is B[C@](C)(NC(C)(C)C)C(=O)c1cccc(C)c1. The number of hydrogen-bond donors (Lipinski definition) is 1. The lowest BCUT2D eigenvalue weighted by Crippen LogP contribution is -2.57. The summed E-state index contributed by atoms with van der Waals surface area (Å²) in [7, 11) is 1.93. The Bertz CT molecular complexity index is 418. The highest BCUT2D eigenvalue weighted by atomic mass is 16.1. The first-order valence-corrected chi connectivity index (χ1v) is 6.03. The van der Waals surface area contributed by atoms with E-state index < -0.39 is 5.44 Å². The summed E-state index contributed by atoms with van der Waals surface area (Å²) >= 11 is 0. The fourth-order valence-corrected chi connectivity index (χ4v) is 2.14. The van der Waals surface area contributed by atoms with Crippen LogP contribution in [0.1, 0.15) is 43.6 Å². The number of Topliss-reactive ketones (excluding diaryl/α,β-unsaturated/α-hetero) is 1. The Labute approximate surface area is 105 Å². The molecule has 1 aromatic rings. The van der Waals surface area contributed by atoms with Crippen LogP contribution in [0.4, 0.5) is 0 Å². The molecule has 0 heterocycles. The highest BCUT2D eigenvalue weighted by molar-refractivity contribution is 6.32. The van der Waals surface area contributed by atoms with E-state index in [9.17, 15) is 4.79 Å². The molecule has 0 spiro atoms. The maximum Gasteiger partial charge on any atom is 0.173 e. The highest BCUT2D eigenvalue weighted by Crippen LogP contribution is 2.15. The molecule has 0 bridgehead atoms. The Morgan fingerprint density at radius 2 is 1.82 bits per heavy atom. The van der Waals surface area contributed by atoms with Crippen LogP contribution >= 0.6 is 0 Å². The Hall–Kier alpha value is -1.09. The summed E-state index contributed by atoms with van der Waals surface area (Å²) in [6.45, 7) is 10.1. The zero-order chi connectivity index (χ0) is 13.3. The van der Waals surface area contributed by atoms with Crippen molar-refractivity contribution < 1.29 is 4.79 Å². The van der Waals surface area contributed by atoms with Crippen molar-refractivity contribution in [3.8, 4) is 0 Å². The molecule has 0 saturated carbocycles. The van der Waals surface area contributed by atoms with Crippen LogP contribution in [0.25, 0.3) is 0 Å². The highest BCUT2D eigenvalue weighted by Gasteiger charge is 2.31. The number of aryl methyl sites for hydroxylation is 1. The van der Waals surface area contributed by atoms with E-state index in [1.54, 1.807) is 0 Å². The summed E-state index contributed by atoms with van der Waals surface area (Å²) in [5, 5.41) is 3.36. The lowest BCUT2D eigenvalue weighted by atomic mass is 9.72. The van der Waals surface area contributed by atoms with Crippen LogP contribution in [0.5, 0.6) is 0 Å². The van der Waals surface area contributed by atoms with Crippen molar-refractivity contribution in [2.45, 2.75) is 45.6 Å². The fourth-order valence-electron chi connectivity index (χ4n) is 2.14. The van der Waals surface area contributed by atoms with Crippen molar-refractivity contribution >= 4 is 13.6 Å². The van der Waals surface area contributed by atoms with Crippen LogP contribution < -0.4 is 5.32 Å². The van der Waals surface area contributed by atoms with Crippen molar-refractivity contribution in [2.24, 2.45) is 0 Å². The second-order valence-electron chi connectivity index (χ2n) is 6.20. The summed E-state index contributed by atoms with van der Waals surface area (Å²) in [6, 6.07) is 7.74. The molecule has 0 unspecified atom stereocenters. The topological polar surface area (TPSA) is 29.1 Å². The molecule has 0 aliphatic rings. The van der Waals surface area contributed by atoms with Gasteiger partial charge in [-0.05, 0) is 40.7 Å². The van der Waals surface area contributed by atoms with Crippen LogP contribution in [0, 0.1) is 6.92 Å². The van der Waals surface area contributed by atoms with E-state index in [4.69, 9.17) is 0 Å². The molecule has 1 aromatic carbocycles. The molecule has 3 heteroatoms. The van der Waals surface area contributed by atoms with Crippen LogP contribution in [0.2, 0.25) is 0 Å². The quantitative estimate of drug-likeness (QED) is 0.636. The predicted octanol–water partition coefficient (Wildman–Crippen LogP) is 1.92. The van der Waals surface area contributed by atoms with Gasteiger partial charge in [-0.25, -0.2) is 0 Å². The van der Waals surface area contributed by atoms with Crippen molar-refractivity contribution in [3.63, 3.8) is 0 Å². The van der Waals surface area contributed by atoms with Crippen molar-refractivity contribution in [2.75, 3.05) is 0 Å². The van der Waals surface area contributed by atoms with Gasteiger partial charge in [0.05, 0.1) is 0 Å². The van der Waals surface area contributed by atoms with E-state index in [1.807, 2.05) is 46.0 Å². The van der Waals surface area contributed by atoms with Gasteiger partial charge in [0, 0.05) is 16.5 Å². The molecular weight excluding hydrogens is 209 g/mol. The molecule has 0 amide bonds. The number of benzene rings is 1. The fraction of sp³-hybridized carbons (Fsp3) is 0.500. The summed E-state index contributed by atoms with van der Waals surface area (Å²) in [5.41, 5.74) is 1.25. The minimum absolute atomic E-state index is 0.0804. The van der Waals surface area contributed by atoms with Gasteiger partial charge in [0.25, 0.3) is 0 Å². The molecule has 0 saturated heterocycles. The van der Waals surface area contributed by atoms with Gasteiger partial charge in [-0.2, -0.15) is 0 Å². The minimum atomic E-state index is -0.550. The Balaban J connectivity index is 2.96. The monoisotopic (exact) mass is 231 g/mol. The lowest BCUT2D eigenvalue weighted by molar-refractivity contribution is 0.0907. The average Bonchev–Trinajstić information content (AvgIpc) is 2.12. The third kappa shape index (κ3) is 4.01. The number of rotatable bonds is 3. The molecule has 17 heavy (non-hydrogen) atoms. The van der Waals surface area contributed by atoms with Gasteiger partial charge < -0.3 is 5.32 Å². The van der Waals surface area contributed by atoms with Crippen molar-refractivity contribution in [3.05, 3.63) is 35.4 Å². The standard InChI is InChI=1S/C14H22BNO/c1-10-7-6-8-11(9-10)12(17)14(5,15)16-13(2,3)4/h6-9,16H,15H2,1-5H3/t14-/m1/s1. The van der Waals surface area contributed by atoms with Crippen molar-refractivity contribution in [1.82, 2.24) is 5.32 Å². The van der Waals surface area contributed by atoms with Crippen molar-refractivity contribution in [1.29, 1.82) is 0 Å². The van der Waals surface area contributed by atoms with Gasteiger partial charge in [0.1, 0.15) is 7.85 Å². The molecule has 0 fully saturated rings. The molecule has 1 N–H and O–H groups in total. The summed E-state index contributed by atoms with van der Waals surface area (Å²) in [4.78, 5) is 12.4. The summed E-state index contributed by atoms with van der Waals surface area (Å²) < 4.78 is 0. The Kier molecular flexibility index (Phi) is 3.83. The number of ketones is 1. The maximum absolute atomic E-state index is 12.4. The van der Waals surface area contributed by atoms with E-state index in [0.717, 1.165) is 11.1 Å². The van der Waals surface area contributed by atoms with E-state index in [0.29, 0.717) is 0 Å². The van der Waals surface area contributed by atoms with E-state index >= 15 is 0 Å². The molecular formula is C14H22BNO. The van der Waals surface area contributed by atoms with Gasteiger partial charge in [0.15, 0.2) is 5.78 Å². The first-order valence-electron chi connectivity index (χ1n) is 6.03. The van der Waals surface area contributed by atoms with Gasteiger partial charge >= 0.3 is 0 Å². The van der Waals surface area contributed by atoms with Crippen LogP contribution in [0.3, 0.4) is 0 Å². The predicted molar refractivity (Wildman–Crippen MR) is 75.3 cm³/mol. The largest absolute Gasteiger partial charge is 0.307 e. The number of carbonyl (C=O) groups is 1. The van der Waals surface area contributed by atoms with Gasteiger partial charge in [-0.3, -0.25) is 4.79 Å². The summed E-state index contributed by atoms with van der Waals surface area (Å²) in [5.74, 6) is 0.135. The average molecular weight is 231 g/mol. The van der Waals surface area contributed by atoms with E-state index in [-0.39, 0.29) is 11.3 Å². The van der Waals surface area contributed by atoms with Crippen LogP contribution in [-0.2, 0) is 0 Å². The zero-order valence-corrected chi connectivity index (χ0v) is 11.7. The minimum Gasteiger partial charge on any atom is -0.307 e. The smallest absolute Gasteiger partial charge is 0.173 e. The van der Waals surface area contributed by atoms with E-state index in [1.165, 1.54) is 0 Å². The van der Waals surface area contributed by atoms with Gasteiger partial charge in [-0.1, -0.05) is 23.8 Å². The van der Waals surface area contributed by atoms with Gasteiger partial charge in [0.2, 0.25) is 0 Å². The van der Waals surface area contributed by atoms with Crippen LogP contribution in [-0.4, -0.2) is 24.6 Å². The molecule has 92 valence electrons. The molecule has 1 atom stereocenters. The number of hydrogen-bond acceptors (Lipinski definition) is 2. The van der Waals surface area contributed by atoms with Crippen LogP contribution in [0.15, 0.2) is 24.3 Å². The summed E-state index contributed by atoms with van der Waals surface area (Å²) in [6.07, 6.45) is 0. The second-order valence-corrected chi connectivity index (χ2v) is 6.20. The number of nitrogens with one attached hydrogen (secondary N) is 1. The normalized spacial score (nSPS) is 15.4. The third-order valence-corrected chi connectivity index (χ3v) is 2.54. The first-order chi connectivity index (χ1) is 7.62. The molecule has 1 rings (SSSR count).